The second-order valence-corrected chi connectivity index (χ2v) is 7.22. The number of hydrogen-bond acceptors (Lipinski definition) is 4. The van der Waals surface area contributed by atoms with Gasteiger partial charge in [0.25, 0.3) is 5.91 Å². The fourth-order valence-corrected chi connectivity index (χ4v) is 3.77. The number of methoxy groups -OCH3 is 1. The molecule has 1 amide bonds. The summed E-state index contributed by atoms with van der Waals surface area (Å²) >= 11 is 6.25. The number of piperidine rings is 1. The van der Waals surface area contributed by atoms with E-state index < -0.39 is 0 Å². The molecule has 1 fully saturated rings. The zero-order valence-electron chi connectivity index (χ0n) is 15.8. The maximum Gasteiger partial charge on any atom is 0.255 e. The molecule has 144 valence electrons. The van der Waals surface area contributed by atoms with Crippen molar-refractivity contribution >= 4 is 23.2 Å². The molecule has 1 heterocycles. The molecule has 3 rings (SSSR count). The largest absolute Gasteiger partial charge is 0.496 e. The fourth-order valence-electron chi connectivity index (χ4n) is 3.51. The Morgan fingerprint density at radius 3 is 2.78 bits per heavy atom. The maximum absolute atomic E-state index is 12.8. The summed E-state index contributed by atoms with van der Waals surface area (Å²) in [6.07, 6.45) is 2.04. The highest BCUT2D eigenvalue weighted by molar-refractivity contribution is 6.33. The van der Waals surface area contributed by atoms with Crippen LogP contribution in [-0.2, 0) is 6.54 Å². The highest BCUT2D eigenvalue weighted by atomic mass is 35.5. The second kappa shape index (κ2) is 9.11. The number of likely N-dealkylation sites (tertiary alicyclic amines) is 1. The van der Waals surface area contributed by atoms with E-state index in [0.717, 1.165) is 38.2 Å². The predicted molar refractivity (Wildman–Crippen MR) is 110 cm³/mol. The molecule has 27 heavy (non-hydrogen) atoms. The lowest BCUT2D eigenvalue weighted by molar-refractivity contribution is 0.0898. The molecule has 1 aliphatic heterocycles. The lowest BCUT2D eigenvalue weighted by Gasteiger charge is -2.33. The topological polar surface area (TPSA) is 53.6 Å². The number of halogens is 1. The SMILES string of the molecule is CNc1cc(OC)c(C(=O)N[C@@H]2CCCN(Cc3ccccc3)C2)cc1Cl. The van der Waals surface area contributed by atoms with E-state index in [2.05, 4.69) is 39.8 Å². The Hall–Kier alpha value is -2.24. The van der Waals surface area contributed by atoms with Crippen LogP contribution in [0.5, 0.6) is 5.75 Å². The van der Waals surface area contributed by atoms with Crippen molar-refractivity contribution < 1.29 is 9.53 Å². The molecule has 1 atom stereocenters. The quantitative estimate of drug-likeness (QED) is 0.791. The highest BCUT2D eigenvalue weighted by Crippen LogP contribution is 2.30. The number of carbonyl (C=O) groups is 1. The van der Waals surface area contributed by atoms with Crippen LogP contribution in [0.3, 0.4) is 0 Å². The summed E-state index contributed by atoms with van der Waals surface area (Å²) in [5.74, 6) is 0.362. The van der Waals surface area contributed by atoms with E-state index in [1.807, 2.05) is 6.07 Å². The number of rotatable bonds is 6. The molecule has 6 heteroatoms. The summed E-state index contributed by atoms with van der Waals surface area (Å²) in [5, 5.41) is 6.64. The van der Waals surface area contributed by atoms with E-state index >= 15 is 0 Å². The first-order chi connectivity index (χ1) is 13.1. The Kier molecular flexibility index (Phi) is 6.58. The molecule has 0 aliphatic carbocycles. The third-order valence-corrected chi connectivity index (χ3v) is 5.21. The summed E-state index contributed by atoms with van der Waals surface area (Å²) in [6, 6.07) is 13.9. The Morgan fingerprint density at radius 2 is 2.07 bits per heavy atom. The molecule has 0 aromatic heterocycles. The molecule has 0 unspecified atom stereocenters. The van der Waals surface area contributed by atoms with E-state index in [1.54, 1.807) is 26.3 Å². The molecule has 1 saturated heterocycles. The minimum absolute atomic E-state index is 0.113. The van der Waals surface area contributed by atoms with Crippen molar-refractivity contribution in [2.45, 2.75) is 25.4 Å². The lowest BCUT2D eigenvalue weighted by atomic mass is 10.0. The smallest absolute Gasteiger partial charge is 0.255 e. The van der Waals surface area contributed by atoms with Crippen molar-refractivity contribution in [3.05, 3.63) is 58.6 Å². The van der Waals surface area contributed by atoms with Gasteiger partial charge in [-0.05, 0) is 31.0 Å². The number of anilines is 1. The highest BCUT2D eigenvalue weighted by Gasteiger charge is 2.24. The zero-order chi connectivity index (χ0) is 19.2. The van der Waals surface area contributed by atoms with E-state index in [-0.39, 0.29) is 11.9 Å². The van der Waals surface area contributed by atoms with Crippen LogP contribution in [0.1, 0.15) is 28.8 Å². The number of hydrogen-bond donors (Lipinski definition) is 2. The van der Waals surface area contributed by atoms with Gasteiger partial charge in [0, 0.05) is 32.2 Å². The summed E-state index contributed by atoms with van der Waals surface area (Å²) in [4.78, 5) is 15.2. The number of amides is 1. The molecule has 0 radical (unpaired) electrons. The molecule has 5 nitrogen and oxygen atoms in total. The predicted octanol–water partition coefficient (Wildman–Crippen LogP) is 3.78. The van der Waals surface area contributed by atoms with Crippen LogP contribution < -0.4 is 15.4 Å². The normalized spacial score (nSPS) is 17.4. The first-order valence-electron chi connectivity index (χ1n) is 9.23. The van der Waals surface area contributed by atoms with Gasteiger partial charge in [0.05, 0.1) is 23.4 Å². The van der Waals surface area contributed by atoms with E-state index in [1.165, 1.54) is 5.56 Å². The summed E-state index contributed by atoms with van der Waals surface area (Å²) in [6.45, 7) is 2.79. The molecule has 2 aromatic rings. The molecular formula is C21H26ClN3O2. The number of nitrogens with zero attached hydrogens (tertiary/aromatic N) is 1. The Labute approximate surface area is 165 Å². The molecule has 0 saturated carbocycles. The maximum atomic E-state index is 12.8. The van der Waals surface area contributed by atoms with Crippen molar-refractivity contribution in [2.24, 2.45) is 0 Å². The number of ether oxygens (including phenoxy) is 1. The van der Waals surface area contributed by atoms with E-state index in [9.17, 15) is 4.79 Å². The minimum Gasteiger partial charge on any atom is -0.496 e. The molecule has 1 aliphatic rings. The van der Waals surface area contributed by atoms with E-state index in [4.69, 9.17) is 16.3 Å². The Balaban J connectivity index is 1.66. The van der Waals surface area contributed by atoms with Gasteiger partial charge in [-0.25, -0.2) is 0 Å². The van der Waals surface area contributed by atoms with Crippen LogP contribution in [0, 0.1) is 0 Å². The van der Waals surface area contributed by atoms with Crippen molar-refractivity contribution in [2.75, 3.05) is 32.6 Å². The van der Waals surface area contributed by atoms with Crippen molar-refractivity contribution in [1.82, 2.24) is 10.2 Å². The zero-order valence-corrected chi connectivity index (χ0v) is 16.6. The minimum atomic E-state index is -0.150. The number of benzene rings is 2. The number of nitrogens with one attached hydrogen (secondary N) is 2. The van der Waals surface area contributed by atoms with Crippen molar-refractivity contribution in [3.8, 4) is 5.75 Å². The monoisotopic (exact) mass is 387 g/mol. The van der Waals surface area contributed by atoms with Gasteiger partial charge in [-0.3, -0.25) is 9.69 Å². The number of carbonyl (C=O) groups excluding carboxylic acids is 1. The van der Waals surface area contributed by atoms with Crippen molar-refractivity contribution in [3.63, 3.8) is 0 Å². The van der Waals surface area contributed by atoms with Crippen LogP contribution in [0.2, 0.25) is 5.02 Å². The lowest BCUT2D eigenvalue weighted by Crippen LogP contribution is -2.47. The average molecular weight is 388 g/mol. The van der Waals surface area contributed by atoms with Gasteiger partial charge in [0.2, 0.25) is 0 Å². The van der Waals surface area contributed by atoms with Gasteiger partial charge in [-0.15, -0.1) is 0 Å². The fraction of sp³-hybridized carbons (Fsp3) is 0.381. The molecule has 0 spiro atoms. The molecule has 0 bridgehead atoms. The summed E-state index contributed by atoms with van der Waals surface area (Å²) in [5.41, 5.74) is 2.49. The van der Waals surface area contributed by atoms with Crippen LogP contribution in [-0.4, -0.2) is 44.1 Å². The Morgan fingerprint density at radius 1 is 1.30 bits per heavy atom. The van der Waals surface area contributed by atoms with Gasteiger partial charge in [0.15, 0.2) is 0 Å². The first-order valence-corrected chi connectivity index (χ1v) is 9.61. The first kappa shape index (κ1) is 19.5. The van der Waals surface area contributed by atoms with Gasteiger partial charge < -0.3 is 15.4 Å². The van der Waals surface area contributed by atoms with Gasteiger partial charge in [-0.1, -0.05) is 41.9 Å². The van der Waals surface area contributed by atoms with E-state index in [0.29, 0.717) is 16.3 Å². The standard InChI is InChI=1S/C21H26ClN3O2/c1-23-19-12-20(27-2)17(11-18(19)22)21(26)24-16-9-6-10-25(14-16)13-15-7-4-3-5-8-15/h3-5,7-8,11-12,16,23H,6,9-10,13-14H2,1-2H3,(H,24,26)/t16-/m1/s1. The molecular weight excluding hydrogens is 362 g/mol. The van der Waals surface area contributed by atoms with Crippen LogP contribution in [0.4, 0.5) is 5.69 Å². The average Bonchev–Trinajstić information content (AvgIpc) is 2.68. The summed E-state index contributed by atoms with van der Waals surface area (Å²) in [7, 11) is 3.34. The third-order valence-electron chi connectivity index (χ3n) is 4.89. The third kappa shape index (κ3) is 4.93. The molecule has 2 aromatic carbocycles. The van der Waals surface area contributed by atoms with Crippen LogP contribution >= 0.6 is 11.6 Å². The summed E-state index contributed by atoms with van der Waals surface area (Å²) < 4.78 is 5.38. The molecule has 2 N–H and O–H groups in total. The van der Waals surface area contributed by atoms with Gasteiger partial charge in [0.1, 0.15) is 5.75 Å². The van der Waals surface area contributed by atoms with Crippen LogP contribution in [0.15, 0.2) is 42.5 Å². The van der Waals surface area contributed by atoms with Gasteiger partial charge >= 0.3 is 0 Å². The van der Waals surface area contributed by atoms with Crippen LogP contribution in [0.25, 0.3) is 0 Å². The Bertz CT molecular complexity index is 782. The van der Waals surface area contributed by atoms with Gasteiger partial charge in [-0.2, -0.15) is 0 Å². The second-order valence-electron chi connectivity index (χ2n) is 6.82. The van der Waals surface area contributed by atoms with Crippen molar-refractivity contribution in [1.29, 1.82) is 0 Å².